The van der Waals surface area contributed by atoms with Crippen LogP contribution in [0.2, 0.25) is 0 Å². The van der Waals surface area contributed by atoms with Crippen molar-refractivity contribution in [3.8, 4) is 0 Å². The van der Waals surface area contributed by atoms with Crippen LogP contribution in [0.25, 0.3) is 0 Å². The van der Waals surface area contributed by atoms with Gasteiger partial charge in [0.25, 0.3) is 0 Å². The van der Waals surface area contributed by atoms with Crippen LogP contribution < -0.4 is 0 Å². The van der Waals surface area contributed by atoms with Crippen LogP contribution in [0.5, 0.6) is 0 Å². The average Bonchev–Trinajstić information content (AvgIpc) is 2.15. The molecular formula is C10H18BNP2. The highest BCUT2D eigenvalue weighted by atomic mass is 31.1. The summed E-state index contributed by atoms with van der Waals surface area (Å²) in [4.78, 5) is 4.53. The van der Waals surface area contributed by atoms with Crippen molar-refractivity contribution in [3.63, 3.8) is 0 Å². The van der Waals surface area contributed by atoms with Gasteiger partial charge in [-0.3, -0.25) is 4.98 Å². The monoisotopic (exact) mass is 225 g/mol. The molecule has 0 saturated heterocycles. The van der Waals surface area contributed by atoms with Gasteiger partial charge >= 0.3 is 0 Å². The van der Waals surface area contributed by atoms with Gasteiger partial charge in [0.2, 0.25) is 0 Å². The molecule has 0 spiro atoms. The fourth-order valence-electron chi connectivity index (χ4n) is 1.22. The Labute approximate surface area is 92.3 Å². The van der Waals surface area contributed by atoms with Crippen LogP contribution in [-0.4, -0.2) is 12.8 Å². The minimum Gasteiger partial charge on any atom is -0.261 e. The molecule has 4 heteroatoms. The smallest absolute Gasteiger partial charge is 0.125 e. The predicted molar refractivity (Wildman–Crippen MR) is 72.6 cm³/mol. The van der Waals surface area contributed by atoms with Crippen molar-refractivity contribution < 1.29 is 0 Å². The topological polar surface area (TPSA) is 12.9 Å². The highest BCUT2D eigenvalue weighted by Crippen LogP contribution is 2.34. The fraction of sp³-hybridized carbons (Fsp3) is 0.500. The Hall–Kier alpha value is 0.0749. The normalized spacial score (nSPS) is 14.0. The summed E-state index contributed by atoms with van der Waals surface area (Å²) in [6.45, 7) is 4.40. The van der Waals surface area contributed by atoms with Crippen molar-refractivity contribution in [1.29, 1.82) is 0 Å². The summed E-state index contributed by atoms with van der Waals surface area (Å²) >= 11 is 0. The predicted octanol–water partition coefficient (Wildman–Crippen LogP) is 2.09. The molecular weight excluding hydrogens is 207 g/mol. The van der Waals surface area contributed by atoms with E-state index in [0.29, 0.717) is 5.92 Å². The second-order valence-electron chi connectivity index (χ2n) is 4.06. The minimum atomic E-state index is 0.0426. The molecule has 0 aliphatic heterocycles. The second kappa shape index (κ2) is 4.73. The third-order valence-electron chi connectivity index (χ3n) is 2.53. The van der Waals surface area contributed by atoms with Crippen molar-refractivity contribution in [3.05, 3.63) is 29.6 Å². The molecule has 1 aromatic heterocycles. The lowest BCUT2D eigenvalue weighted by Gasteiger charge is -2.19. The van der Waals surface area contributed by atoms with E-state index in [-0.39, 0.29) is 4.80 Å². The summed E-state index contributed by atoms with van der Waals surface area (Å²) in [7, 11) is 7.75. The van der Waals surface area contributed by atoms with E-state index in [0.717, 1.165) is 6.42 Å². The van der Waals surface area contributed by atoms with Crippen LogP contribution in [0.1, 0.15) is 37.4 Å². The molecule has 0 saturated carbocycles. The second-order valence-corrected chi connectivity index (χ2v) is 7.13. The molecule has 1 aromatic rings. The molecule has 0 radical (unpaired) electrons. The maximum atomic E-state index is 4.49. The lowest BCUT2D eigenvalue weighted by molar-refractivity contribution is 0.707. The first kappa shape index (κ1) is 12.1. The van der Waals surface area contributed by atoms with E-state index in [4.69, 9.17) is 0 Å². The van der Waals surface area contributed by atoms with Crippen molar-refractivity contribution in [2.75, 3.05) is 0 Å². The van der Waals surface area contributed by atoms with E-state index in [1.54, 1.807) is 0 Å². The standard InChI is InChI=1S/C10H18BNP2/c1-3-7(2)9-5-4-8(6-12-9)10(11,13)14/h4-7H,3,11,13-14H2,1-2H3. The number of nitrogens with zero attached hydrogens (tertiary/aromatic N) is 1. The zero-order valence-corrected chi connectivity index (χ0v) is 11.4. The van der Waals surface area contributed by atoms with Gasteiger partial charge in [-0.2, -0.15) is 0 Å². The van der Waals surface area contributed by atoms with Crippen molar-refractivity contribution in [2.45, 2.75) is 31.0 Å². The van der Waals surface area contributed by atoms with Crippen LogP contribution in [0.4, 0.5) is 0 Å². The Morgan fingerprint density at radius 1 is 1.50 bits per heavy atom. The zero-order chi connectivity index (χ0) is 10.8. The van der Waals surface area contributed by atoms with E-state index in [1.807, 2.05) is 6.20 Å². The van der Waals surface area contributed by atoms with Gasteiger partial charge in [0.1, 0.15) is 7.85 Å². The molecule has 0 aliphatic carbocycles. The summed E-state index contributed by atoms with van der Waals surface area (Å²) < 4.78 is 0. The summed E-state index contributed by atoms with van der Waals surface area (Å²) in [5.74, 6) is 0.560. The third kappa shape index (κ3) is 3.04. The largest absolute Gasteiger partial charge is 0.261 e. The van der Waals surface area contributed by atoms with Gasteiger partial charge in [-0.15, -0.1) is 18.5 Å². The highest BCUT2D eigenvalue weighted by Gasteiger charge is 2.14. The molecule has 3 unspecified atom stereocenters. The molecule has 0 amide bonds. The number of rotatable bonds is 3. The molecule has 1 rings (SSSR count). The van der Waals surface area contributed by atoms with Crippen molar-refractivity contribution in [2.24, 2.45) is 0 Å². The quantitative estimate of drug-likeness (QED) is 0.566. The Balaban J connectivity index is 2.89. The number of hydrogen-bond donors (Lipinski definition) is 0. The number of pyridine rings is 1. The Morgan fingerprint density at radius 3 is 2.50 bits per heavy atom. The first-order valence-corrected chi connectivity index (χ1v) is 6.14. The third-order valence-corrected chi connectivity index (χ3v) is 3.19. The van der Waals surface area contributed by atoms with E-state index >= 15 is 0 Å². The Kier molecular flexibility index (Phi) is 4.10. The van der Waals surface area contributed by atoms with Gasteiger partial charge < -0.3 is 0 Å². The molecule has 0 aromatic carbocycles. The van der Waals surface area contributed by atoms with Gasteiger partial charge in [0.05, 0.1) is 0 Å². The van der Waals surface area contributed by atoms with E-state index in [2.05, 4.69) is 57.3 Å². The van der Waals surface area contributed by atoms with Crippen molar-refractivity contribution >= 4 is 26.3 Å². The van der Waals surface area contributed by atoms with E-state index < -0.39 is 0 Å². The van der Waals surface area contributed by atoms with Crippen LogP contribution in [0.3, 0.4) is 0 Å². The molecule has 1 heterocycles. The lowest BCUT2D eigenvalue weighted by atomic mass is 9.95. The molecule has 76 valence electrons. The van der Waals surface area contributed by atoms with E-state index in [9.17, 15) is 0 Å². The summed E-state index contributed by atoms with van der Waals surface area (Å²) in [5, 5.41) is 0. The highest BCUT2D eigenvalue weighted by molar-refractivity contribution is 7.43. The maximum absolute atomic E-state index is 4.49. The SMILES string of the molecule is BC(P)(P)c1ccc(C(C)CC)nc1. The van der Waals surface area contributed by atoms with Crippen LogP contribution in [0.15, 0.2) is 18.3 Å². The Bertz CT molecular complexity index is 292. The molecule has 0 N–H and O–H groups in total. The zero-order valence-electron chi connectivity index (χ0n) is 9.12. The molecule has 14 heavy (non-hydrogen) atoms. The maximum Gasteiger partial charge on any atom is 0.125 e. The average molecular weight is 225 g/mol. The van der Waals surface area contributed by atoms with Crippen LogP contribution in [-0.2, 0) is 4.80 Å². The lowest BCUT2D eigenvalue weighted by Crippen LogP contribution is -2.08. The van der Waals surface area contributed by atoms with Gasteiger partial charge in [-0.25, -0.2) is 0 Å². The number of aromatic nitrogens is 1. The van der Waals surface area contributed by atoms with Crippen molar-refractivity contribution in [1.82, 2.24) is 4.98 Å². The van der Waals surface area contributed by atoms with Gasteiger partial charge in [-0.05, 0) is 28.8 Å². The van der Waals surface area contributed by atoms with Gasteiger partial charge in [0.15, 0.2) is 0 Å². The first-order valence-electron chi connectivity index (χ1n) is 4.99. The van der Waals surface area contributed by atoms with Crippen LogP contribution >= 0.6 is 18.5 Å². The molecule has 3 atom stereocenters. The Morgan fingerprint density at radius 2 is 2.14 bits per heavy atom. The van der Waals surface area contributed by atoms with Gasteiger partial charge in [-0.1, -0.05) is 19.9 Å². The van der Waals surface area contributed by atoms with Crippen LogP contribution in [0, 0.1) is 0 Å². The van der Waals surface area contributed by atoms with Gasteiger partial charge in [0, 0.05) is 11.9 Å². The fourth-order valence-corrected chi connectivity index (χ4v) is 1.57. The molecule has 0 aliphatic rings. The molecule has 1 nitrogen and oxygen atoms in total. The number of hydrogen-bond acceptors (Lipinski definition) is 1. The summed E-state index contributed by atoms with van der Waals surface area (Å²) in [6.07, 6.45) is 3.12. The minimum absolute atomic E-state index is 0.0426. The summed E-state index contributed by atoms with van der Waals surface area (Å²) in [6, 6.07) is 4.30. The summed E-state index contributed by atoms with van der Waals surface area (Å²) in [5.41, 5.74) is 2.43. The van der Waals surface area contributed by atoms with E-state index in [1.165, 1.54) is 11.3 Å². The molecule has 0 fully saturated rings. The molecule has 0 bridgehead atoms. The first-order chi connectivity index (χ1) is 6.45.